The van der Waals surface area contributed by atoms with E-state index in [0.717, 1.165) is 51.6 Å². The fourth-order valence-corrected chi connectivity index (χ4v) is 4.63. The van der Waals surface area contributed by atoms with Crippen molar-refractivity contribution in [3.63, 3.8) is 0 Å². The van der Waals surface area contributed by atoms with Crippen LogP contribution in [0.15, 0.2) is 47.4 Å². The summed E-state index contributed by atoms with van der Waals surface area (Å²) in [7, 11) is -3.66. The Morgan fingerprint density at radius 1 is 1.00 bits per heavy atom. The molecule has 2 aromatic carbocycles. The van der Waals surface area contributed by atoms with E-state index < -0.39 is 15.8 Å². The molecule has 0 saturated carbocycles. The zero-order chi connectivity index (χ0) is 20.9. The van der Waals surface area contributed by atoms with Gasteiger partial charge in [-0.2, -0.15) is 0 Å². The van der Waals surface area contributed by atoms with Crippen molar-refractivity contribution in [3.8, 4) is 0 Å². The number of hydrogen-bond donors (Lipinski definition) is 1. The van der Waals surface area contributed by atoms with Gasteiger partial charge in [0.2, 0.25) is 10.0 Å². The van der Waals surface area contributed by atoms with Crippen LogP contribution in [0.25, 0.3) is 0 Å². The molecule has 0 aliphatic carbocycles. The molecule has 1 aliphatic rings. The minimum Gasteiger partial charge on any atom is -0.369 e. The van der Waals surface area contributed by atoms with Gasteiger partial charge in [0, 0.05) is 38.4 Å². The van der Waals surface area contributed by atoms with Crippen molar-refractivity contribution in [2.75, 3.05) is 44.2 Å². The van der Waals surface area contributed by atoms with Crippen molar-refractivity contribution in [1.29, 1.82) is 0 Å². The normalized spacial score (nSPS) is 15.6. The van der Waals surface area contributed by atoms with Crippen LogP contribution < -0.4 is 9.62 Å². The number of sulfonamides is 1. The van der Waals surface area contributed by atoms with Gasteiger partial charge in [0.05, 0.1) is 4.90 Å². The molecule has 2 aromatic rings. The van der Waals surface area contributed by atoms with E-state index in [0.29, 0.717) is 12.1 Å². The molecular weight excluding hydrogens is 389 g/mol. The van der Waals surface area contributed by atoms with Gasteiger partial charge in [-0.15, -0.1) is 0 Å². The summed E-state index contributed by atoms with van der Waals surface area (Å²) in [6.45, 7) is 9.10. The monoisotopic (exact) mass is 419 g/mol. The fraction of sp³-hybridized carbons (Fsp3) is 0.455. The number of rotatable bonds is 8. The number of unbranched alkanes of at least 4 members (excludes halogenated alkanes) is 1. The van der Waals surface area contributed by atoms with Gasteiger partial charge in [0.15, 0.2) is 0 Å². The van der Waals surface area contributed by atoms with E-state index in [1.807, 2.05) is 0 Å². The van der Waals surface area contributed by atoms with Crippen LogP contribution in [0.1, 0.15) is 24.0 Å². The highest BCUT2D eigenvalue weighted by Gasteiger charge is 2.17. The average Bonchev–Trinajstić information content (AvgIpc) is 2.70. The first kappa shape index (κ1) is 21.7. The summed E-state index contributed by atoms with van der Waals surface area (Å²) in [6.07, 6.45) is 1.68. The van der Waals surface area contributed by atoms with Gasteiger partial charge >= 0.3 is 0 Å². The molecule has 0 radical (unpaired) electrons. The van der Waals surface area contributed by atoms with Crippen LogP contribution in [0, 0.1) is 19.7 Å². The van der Waals surface area contributed by atoms with E-state index in [2.05, 4.69) is 45.7 Å². The third-order valence-electron chi connectivity index (χ3n) is 5.39. The van der Waals surface area contributed by atoms with Gasteiger partial charge in [0.25, 0.3) is 0 Å². The quantitative estimate of drug-likeness (QED) is 0.667. The summed E-state index contributed by atoms with van der Waals surface area (Å²) < 4.78 is 40.7. The van der Waals surface area contributed by atoms with E-state index >= 15 is 0 Å². The first-order valence-electron chi connectivity index (χ1n) is 10.1. The van der Waals surface area contributed by atoms with Crippen LogP contribution in [0.5, 0.6) is 0 Å². The highest BCUT2D eigenvalue weighted by molar-refractivity contribution is 7.89. The molecule has 0 aromatic heterocycles. The van der Waals surface area contributed by atoms with Crippen molar-refractivity contribution < 1.29 is 12.8 Å². The van der Waals surface area contributed by atoms with Gasteiger partial charge < -0.3 is 4.90 Å². The maximum Gasteiger partial charge on any atom is 0.240 e. The number of nitrogens with one attached hydrogen (secondary N) is 1. The summed E-state index contributed by atoms with van der Waals surface area (Å²) in [5.41, 5.74) is 3.00. The Kier molecular flexibility index (Phi) is 7.27. The number of nitrogens with zero attached hydrogens (tertiary/aromatic N) is 2. The smallest absolute Gasteiger partial charge is 0.240 e. The number of aryl methyl sites for hydroxylation is 2. The predicted molar refractivity (Wildman–Crippen MR) is 115 cm³/mol. The fourth-order valence-electron chi connectivity index (χ4n) is 3.55. The van der Waals surface area contributed by atoms with Crippen molar-refractivity contribution in [3.05, 3.63) is 59.4 Å². The maximum atomic E-state index is 13.6. The van der Waals surface area contributed by atoms with Gasteiger partial charge in [-0.25, -0.2) is 17.5 Å². The van der Waals surface area contributed by atoms with Crippen LogP contribution in [0.2, 0.25) is 0 Å². The zero-order valence-corrected chi connectivity index (χ0v) is 18.0. The maximum absolute atomic E-state index is 13.6. The first-order valence-corrected chi connectivity index (χ1v) is 11.6. The number of hydrogen-bond acceptors (Lipinski definition) is 4. The van der Waals surface area contributed by atoms with Crippen molar-refractivity contribution in [1.82, 2.24) is 9.62 Å². The van der Waals surface area contributed by atoms with Gasteiger partial charge in [0.1, 0.15) is 5.82 Å². The predicted octanol–water partition coefficient (Wildman–Crippen LogP) is 3.32. The molecule has 1 heterocycles. The lowest BCUT2D eigenvalue weighted by molar-refractivity contribution is 0.253. The van der Waals surface area contributed by atoms with Crippen molar-refractivity contribution in [2.24, 2.45) is 0 Å². The molecule has 0 bridgehead atoms. The van der Waals surface area contributed by atoms with Gasteiger partial charge in [-0.05, 0) is 68.6 Å². The Labute approximate surface area is 173 Å². The second-order valence-corrected chi connectivity index (χ2v) is 9.45. The molecule has 1 aliphatic heterocycles. The Morgan fingerprint density at radius 3 is 2.45 bits per heavy atom. The van der Waals surface area contributed by atoms with Crippen molar-refractivity contribution in [2.45, 2.75) is 31.6 Å². The van der Waals surface area contributed by atoms with E-state index in [1.54, 1.807) is 6.92 Å². The van der Waals surface area contributed by atoms with Crippen LogP contribution in [-0.2, 0) is 10.0 Å². The Bertz CT molecular complexity index is 925. The lowest BCUT2D eigenvalue weighted by Gasteiger charge is -2.36. The number of halogens is 1. The molecule has 1 N–H and O–H groups in total. The van der Waals surface area contributed by atoms with E-state index in [9.17, 15) is 12.8 Å². The molecule has 29 heavy (non-hydrogen) atoms. The SMILES string of the molecule is Cc1cccc(N2CCN(CCCCNS(=O)(=O)c3ccc(C)c(F)c3)CC2)c1. The molecular formula is C22H30FN3O2S. The highest BCUT2D eigenvalue weighted by Crippen LogP contribution is 2.18. The van der Waals surface area contributed by atoms with Crippen LogP contribution in [0.4, 0.5) is 10.1 Å². The Morgan fingerprint density at radius 2 is 1.76 bits per heavy atom. The summed E-state index contributed by atoms with van der Waals surface area (Å²) >= 11 is 0. The van der Waals surface area contributed by atoms with Gasteiger partial charge in [-0.3, -0.25) is 4.90 Å². The first-order chi connectivity index (χ1) is 13.8. The summed E-state index contributed by atoms with van der Waals surface area (Å²) in [5, 5.41) is 0. The minimum atomic E-state index is -3.66. The molecule has 0 amide bonds. The lowest BCUT2D eigenvalue weighted by atomic mass is 10.2. The zero-order valence-electron chi connectivity index (χ0n) is 17.2. The Balaban J connectivity index is 1.36. The minimum absolute atomic E-state index is 0.0205. The molecule has 0 atom stereocenters. The lowest BCUT2D eigenvalue weighted by Crippen LogP contribution is -2.46. The van der Waals surface area contributed by atoms with Crippen LogP contribution in [0.3, 0.4) is 0 Å². The standard InChI is InChI=1S/C22H30FN3O2S/c1-18-6-5-7-20(16-18)26-14-12-25(13-15-26)11-4-3-10-24-29(27,28)21-9-8-19(2)22(23)17-21/h5-9,16-17,24H,3-4,10-15H2,1-2H3. The third-order valence-corrected chi connectivity index (χ3v) is 6.84. The number of anilines is 1. The molecule has 5 nitrogen and oxygen atoms in total. The highest BCUT2D eigenvalue weighted by atomic mass is 32.2. The summed E-state index contributed by atoms with van der Waals surface area (Å²) in [6, 6.07) is 12.6. The molecule has 7 heteroatoms. The number of piperazine rings is 1. The molecule has 158 valence electrons. The molecule has 1 fully saturated rings. The second-order valence-electron chi connectivity index (χ2n) is 7.68. The van der Waals surface area contributed by atoms with Crippen LogP contribution >= 0.6 is 0 Å². The summed E-state index contributed by atoms with van der Waals surface area (Å²) in [5.74, 6) is -0.502. The van der Waals surface area contributed by atoms with Gasteiger partial charge in [-0.1, -0.05) is 18.2 Å². The average molecular weight is 420 g/mol. The number of benzene rings is 2. The molecule has 1 saturated heterocycles. The second kappa shape index (κ2) is 9.69. The molecule has 3 rings (SSSR count). The largest absolute Gasteiger partial charge is 0.369 e. The van der Waals surface area contributed by atoms with E-state index in [4.69, 9.17) is 0 Å². The molecule has 0 unspecified atom stereocenters. The third kappa shape index (κ3) is 6.01. The van der Waals surface area contributed by atoms with Crippen LogP contribution in [-0.4, -0.2) is 52.6 Å². The van der Waals surface area contributed by atoms with E-state index in [1.165, 1.54) is 23.4 Å². The summed E-state index contributed by atoms with van der Waals surface area (Å²) in [4.78, 5) is 4.82. The Hall–Kier alpha value is -1.96. The van der Waals surface area contributed by atoms with Crippen molar-refractivity contribution >= 4 is 15.7 Å². The van der Waals surface area contributed by atoms with E-state index in [-0.39, 0.29) is 4.90 Å². The molecule has 0 spiro atoms. The topological polar surface area (TPSA) is 52.6 Å².